The van der Waals surface area contributed by atoms with E-state index in [0.29, 0.717) is 24.8 Å². The normalized spacial score (nSPS) is 20.4. The van der Waals surface area contributed by atoms with Crippen molar-refractivity contribution in [3.8, 4) is 5.75 Å². The van der Waals surface area contributed by atoms with Gasteiger partial charge < -0.3 is 20.7 Å². The summed E-state index contributed by atoms with van der Waals surface area (Å²) in [5, 5.41) is 3.53. The van der Waals surface area contributed by atoms with Crippen molar-refractivity contribution in [1.29, 1.82) is 0 Å². The highest BCUT2D eigenvalue weighted by Crippen LogP contribution is 2.50. The molecule has 0 amide bonds. The first kappa shape index (κ1) is 24.5. The van der Waals surface area contributed by atoms with E-state index in [1.807, 2.05) is 54.6 Å². The van der Waals surface area contributed by atoms with E-state index in [1.54, 1.807) is 0 Å². The molecular weight excluding hydrogens is 474 g/mol. The number of ketones is 1. The van der Waals surface area contributed by atoms with E-state index in [1.165, 1.54) is 6.42 Å². The van der Waals surface area contributed by atoms with E-state index in [4.69, 9.17) is 20.4 Å². The van der Waals surface area contributed by atoms with E-state index >= 15 is 0 Å². The molecule has 7 nitrogen and oxygen atoms in total. The maximum absolute atomic E-state index is 13.6. The van der Waals surface area contributed by atoms with Crippen molar-refractivity contribution in [3.63, 3.8) is 0 Å². The molecule has 3 aliphatic rings. The number of nitrogens with zero attached hydrogens (tertiary/aromatic N) is 3. The molecule has 0 saturated carbocycles. The zero-order chi connectivity index (χ0) is 26.3. The summed E-state index contributed by atoms with van der Waals surface area (Å²) in [5.74, 6) is 2.44. The summed E-state index contributed by atoms with van der Waals surface area (Å²) in [7, 11) is 0. The SMILES string of the molecule is CC1(C)CC(=O)C2=C(C1)Nc1nc(N3CCCCC3)nc(N)c1[C@H]2c1ccc(OCc2ccccc2)cc1. The van der Waals surface area contributed by atoms with E-state index in [0.717, 1.165) is 71.9 Å². The summed E-state index contributed by atoms with van der Waals surface area (Å²) in [5.41, 5.74) is 11.2. The standard InChI is InChI=1S/C31H35N5O2/c1-31(2)17-23-26(24(37)18-31)25(21-11-13-22(14-12-21)38-19-20-9-5-3-6-10-20)27-28(32)34-30(35-29(27)33-23)36-15-7-4-8-16-36/h3,5-6,9-14,25H,4,7-8,15-19H2,1-2H3,(H3,32,33,34,35)/t25-/m0/s1. The number of Topliss-reactive ketones (excluding diaryl/α,β-unsaturated/α-hetero) is 1. The van der Waals surface area contributed by atoms with Crippen molar-refractivity contribution in [2.75, 3.05) is 29.0 Å². The third-order valence-corrected chi connectivity index (χ3v) is 7.83. The maximum atomic E-state index is 13.6. The van der Waals surface area contributed by atoms with Gasteiger partial charge in [0, 0.05) is 42.3 Å². The van der Waals surface area contributed by atoms with Crippen LogP contribution in [0.1, 0.15) is 68.6 Å². The predicted octanol–water partition coefficient (Wildman–Crippen LogP) is 5.83. The van der Waals surface area contributed by atoms with Crippen LogP contribution < -0.4 is 20.7 Å². The number of carbonyl (C=O) groups is 1. The van der Waals surface area contributed by atoms with Crippen molar-refractivity contribution < 1.29 is 9.53 Å². The third kappa shape index (κ3) is 4.73. The number of nitrogens with two attached hydrogens (primary N) is 1. The van der Waals surface area contributed by atoms with Gasteiger partial charge in [0.25, 0.3) is 0 Å². The van der Waals surface area contributed by atoms with Crippen LogP contribution in [0.4, 0.5) is 17.6 Å². The van der Waals surface area contributed by atoms with Gasteiger partial charge in [0.1, 0.15) is 24.0 Å². The second-order valence-corrected chi connectivity index (χ2v) is 11.5. The van der Waals surface area contributed by atoms with Gasteiger partial charge in [-0.15, -0.1) is 0 Å². The van der Waals surface area contributed by atoms with Gasteiger partial charge >= 0.3 is 0 Å². The average molecular weight is 510 g/mol. The van der Waals surface area contributed by atoms with Gasteiger partial charge in [0.05, 0.1) is 0 Å². The fraction of sp³-hybridized carbons (Fsp3) is 0.387. The molecule has 196 valence electrons. The number of allylic oxidation sites excluding steroid dienone is 2. The van der Waals surface area contributed by atoms with Crippen LogP contribution >= 0.6 is 0 Å². The van der Waals surface area contributed by atoms with Crippen LogP contribution in [0.25, 0.3) is 0 Å². The Morgan fingerprint density at radius 1 is 1.00 bits per heavy atom. The van der Waals surface area contributed by atoms with Gasteiger partial charge in [-0.1, -0.05) is 56.3 Å². The van der Waals surface area contributed by atoms with Crippen LogP contribution in [0, 0.1) is 5.41 Å². The number of hydrogen-bond acceptors (Lipinski definition) is 7. The molecular formula is C31H35N5O2. The molecule has 0 spiro atoms. The Morgan fingerprint density at radius 3 is 2.47 bits per heavy atom. The molecule has 7 heteroatoms. The van der Waals surface area contributed by atoms with Crippen molar-refractivity contribution >= 4 is 23.4 Å². The molecule has 0 unspecified atom stereocenters. The Bertz CT molecular complexity index is 1380. The smallest absolute Gasteiger partial charge is 0.229 e. The van der Waals surface area contributed by atoms with E-state index in [9.17, 15) is 4.79 Å². The van der Waals surface area contributed by atoms with Crippen molar-refractivity contribution in [2.24, 2.45) is 5.41 Å². The number of ether oxygens (including phenoxy) is 1. The van der Waals surface area contributed by atoms with E-state index in [-0.39, 0.29) is 17.1 Å². The minimum Gasteiger partial charge on any atom is -0.489 e. The summed E-state index contributed by atoms with van der Waals surface area (Å²) in [4.78, 5) is 25.5. The lowest BCUT2D eigenvalue weighted by molar-refractivity contribution is -0.118. The Hall–Kier alpha value is -3.87. The number of carbonyl (C=O) groups excluding carboxylic acids is 1. The lowest BCUT2D eigenvalue weighted by Crippen LogP contribution is -2.36. The van der Waals surface area contributed by atoms with Gasteiger partial charge in [-0.3, -0.25) is 4.79 Å². The molecule has 1 fully saturated rings. The summed E-state index contributed by atoms with van der Waals surface area (Å²) in [6.07, 6.45) is 4.78. The van der Waals surface area contributed by atoms with Gasteiger partial charge in [0.15, 0.2) is 5.78 Å². The molecule has 1 aromatic heterocycles. The van der Waals surface area contributed by atoms with E-state index in [2.05, 4.69) is 24.1 Å². The number of fused-ring (bicyclic) bond motifs is 1. The molecule has 1 atom stereocenters. The van der Waals surface area contributed by atoms with Crippen LogP contribution in [0.3, 0.4) is 0 Å². The molecule has 0 bridgehead atoms. The highest BCUT2D eigenvalue weighted by atomic mass is 16.5. The molecule has 38 heavy (non-hydrogen) atoms. The van der Waals surface area contributed by atoms with Crippen LogP contribution in [0.2, 0.25) is 0 Å². The number of nitrogens with one attached hydrogen (secondary N) is 1. The van der Waals surface area contributed by atoms with Gasteiger partial charge in [-0.05, 0) is 54.4 Å². The van der Waals surface area contributed by atoms with Gasteiger partial charge in [0.2, 0.25) is 5.95 Å². The largest absolute Gasteiger partial charge is 0.489 e. The molecule has 2 aliphatic heterocycles. The fourth-order valence-corrected chi connectivity index (χ4v) is 5.99. The minimum atomic E-state index is -0.316. The molecule has 2 aromatic carbocycles. The highest BCUT2D eigenvalue weighted by Gasteiger charge is 2.42. The topological polar surface area (TPSA) is 93.4 Å². The Balaban J connectivity index is 1.37. The molecule has 0 radical (unpaired) electrons. The Morgan fingerprint density at radius 2 is 1.74 bits per heavy atom. The molecule has 1 aliphatic carbocycles. The second kappa shape index (κ2) is 9.78. The van der Waals surface area contributed by atoms with Crippen LogP contribution in [0.15, 0.2) is 65.9 Å². The first-order valence-corrected chi connectivity index (χ1v) is 13.6. The lowest BCUT2D eigenvalue weighted by atomic mass is 9.69. The summed E-state index contributed by atoms with van der Waals surface area (Å²) in [6, 6.07) is 18.1. The number of benzene rings is 2. The third-order valence-electron chi connectivity index (χ3n) is 7.83. The number of rotatable bonds is 5. The number of nitrogen functional groups attached to an aromatic ring is 1. The Kier molecular flexibility index (Phi) is 6.30. The predicted molar refractivity (Wildman–Crippen MR) is 150 cm³/mol. The van der Waals surface area contributed by atoms with Crippen molar-refractivity contribution in [3.05, 3.63) is 82.6 Å². The zero-order valence-electron chi connectivity index (χ0n) is 22.2. The first-order chi connectivity index (χ1) is 18.4. The highest BCUT2D eigenvalue weighted by molar-refractivity contribution is 6.02. The first-order valence-electron chi connectivity index (χ1n) is 13.6. The summed E-state index contributed by atoms with van der Waals surface area (Å²) >= 11 is 0. The van der Waals surface area contributed by atoms with Crippen LogP contribution in [-0.4, -0.2) is 28.8 Å². The molecule has 1 saturated heterocycles. The lowest BCUT2D eigenvalue weighted by Gasteiger charge is -2.39. The number of aromatic nitrogens is 2. The molecule has 3 aromatic rings. The number of piperidine rings is 1. The van der Waals surface area contributed by atoms with Gasteiger partial charge in [-0.2, -0.15) is 9.97 Å². The molecule has 3 N–H and O–H groups in total. The second-order valence-electron chi connectivity index (χ2n) is 11.5. The maximum Gasteiger partial charge on any atom is 0.229 e. The average Bonchev–Trinajstić information content (AvgIpc) is 2.91. The van der Waals surface area contributed by atoms with Crippen molar-refractivity contribution in [2.45, 2.75) is 58.5 Å². The summed E-state index contributed by atoms with van der Waals surface area (Å²) < 4.78 is 6.02. The monoisotopic (exact) mass is 509 g/mol. The minimum absolute atomic E-state index is 0.117. The van der Waals surface area contributed by atoms with Crippen LogP contribution in [0.5, 0.6) is 5.75 Å². The number of anilines is 3. The van der Waals surface area contributed by atoms with Crippen LogP contribution in [-0.2, 0) is 11.4 Å². The van der Waals surface area contributed by atoms with Gasteiger partial charge in [-0.25, -0.2) is 0 Å². The summed E-state index contributed by atoms with van der Waals surface area (Å²) in [6.45, 7) is 6.66. The fourth-order valence-electron chi connectivity index (χ4n) is 5.99. The molecule has 6 rings (SSSR count). The Labute approximate surface area is 224 Å². The number of hydrogen-bond donors (Lipinski definition) is 2. The quantitative estimate of drug-likeness (QED) is 0.447. The van der Waals surface area contributed by atoms with Crippen molar-refractivity contribution in [1.82, 2.24) is 9.97 Å². The zero-order valence-corrected chi connectivity index (χ0v) is 22.2. The van der Waals surface area contributed by atoms with E-state index < -0.39 is 0 Å². The molecule has 3 heterocycles.